The zero-order chi connectivity index (χ0) is 23.9. The zero-order valence-electron chi connectivity index (χ0n) is 18.8. The molecule has 1 amide bonds. The first-order chi connectivity index (χ1) is 16.3. The summed E-state index contributed by atoms with van der Waals surface area (Å²) in [7, 11) is -4.02. The smallest absolute Gasteiger partial charge is 0.264 e. The summed E-state index contributed by atoms with van der Waals surface area (Å²) in [5.74, 6) is -0.370. The molecule has 9 nitrogen and oxygen atoms in total. The Bertz CT molecular complexity index is 1360. The van der Waals surface area contributed by atoms with E-state index in [-0.39, 0.29) is 34.7 Å². The van der Waals surface area contributed by atoms with Crippen molar-refractivity contribution in [1.29, 1.82) is 0 Å². The molecule has 0 aliphatic carbocycles. The molecule has 6 bridgehead atoms. The van der Waals surface area contributed by atoms with Crippen LogP contribution in [0.25, 0.3) is 11.3 Å². The lowest BCUT2D eigenvalue weighted by Crippen LogP contribution is -2.46. The number of sulfonamides is 1. The molecule has 2 aromatic carbocycles. The summed E-state index contributed by atoms with van der Waals surface area (Å²) in [4.78, 5) is 21.7. The van der Waals surface area contributed by atoms with Crippen molar-refractivity contribution in [2.24, 2.45) is 5.92 Å². The number of hydrogen-bond acceptors (Lipinski definition) is 7. The molecule has 3 aromatic rings. The topological polar surface area (TPSA) is 122 Å². The lowest BCUT2D eigenvalue weighted by Gasteiger charge is -2.29. The zero-order valence-corrected chi connectivity index (χ0v) is 19.6. The minimum atomic E-state index is -4.02. The van der Waals surface area contributed by atoms with Crippen molar-refractivity contribution >= 4 is 27.6 Å². The van der Waals surface area contributed by atoms with Crippen molar-refractivity contribution in [2.75, 3.05) is 23.1 Å². The van der Waals surface area contributed by atoms with Gasteiger partial charge in [-0.1, -0.05) is 24.3 Å². The average molecular weight is 480 g/mol. The Kier molecular flexibility index (Phi) is 5.70. The number of nitrogens with zero attached hydrogens (tertiary/aromatic N) is 2. The van der Waals surface area contributed by atoms with Gasteiger partial charge in [-0.3, -0.25) is 4.79 Å². The van der Waals surface area contributed by atoms with Gasteiger partial charge in [-0.2, -0.15) is 4.98 Å². The van der Waals surface area contributed by atoms with Crippen LogP contribution < -0.4 is 20.1 Å². The molecule has 3 heterocycles. The van der Waals surface area contributed by atoms with Gasteiger partial charge < -0.3 is 15.4 Å². The Morgan fingerprint density at radius 3 is 2.56 bits per heavy atom. The number of nitrogens with one attached hydrogen (secondary N) is 3. The van der Waals surface area contributed by atoms with Crippen LogP contribution in [0.5, 0.6) is 5.88 Å². The number of benzene rings is 2. The van der Waals surface area contributed by atoms with Gasteiger partial charge in [0.2, 0.25) is 17.7 Å². The Labute approximate surface area is 198 Å². The van der Waals surface area contributed by atoms with Crippen molar-refractivity contribution in [3.05, 3.63) is 59.7 Å². The summed E-state index contributed by atoms with van der Waals surface area (Å²) >= 11 is 0. The highest BCUT2D eigenvalue weighted by molar-refractivity contribution is 7.92. The second-order valence-corrected chi connectivity index (χ2v) is 10.3. The lowest BCUT2D eigenvalue weighted by molar-refractivity contribution is -0.121. The molecule has 2 aliphatic heterocycles. The number of ether oxygens (including phenoxy) is 1. The molecular formula is C24H25N5O4S. The maximum Gasteiger partial charge on any atom is 0.264 e. The second-order valence-electron chi connectivity index (χ2n) is 8.64. The summed E-state index contributed by atoms with van der Waals surface area (Å²) < 4.78 is 34.9. The standard InChI is InChI=1S/C24H25N5O4S/c1-14-5-3-6-15(2)22(14)20-11-21-28-24(27-20)29-34(31,32)19-8-4-7-17(10-19)26-23(30)16-9-18(33-21)13-25-12-16/h3-8,10-11,16,18,25H,9,12-13H2,1-2H3,(H,26,30)(H,27,28,29). The van der Waals surface area contributed by atoms with Gasteiger partial charge in [0.25, 0.3) is 10.0 Å². The van der Waals surface area contributed by atoms with E-state index in [9.17, 15) is 13.2 Å². The van der Waals surface area contributed by atoms with E-state index >= 15 is 0 Å². The van der Waals surface area contributed by atoms with E-state index < -0.39 is 10.0 Å². The van der Waals surface area contributed by atoms with Gasteiger partial charge in [-0.05, 0) is 49.6 Å². The molecule has 0 saturated carbocycles. The van der Waals surface area contributed by atoms with Crippen LogP contribution in [0.15, 0.2) is 53.4 Å². The van der Waals surface area contributed by atoms with Gasteiger partial charge in [0.15, 0.2) is 0 Å². The number of carbonyl (C=O) groups is 1. The number of hydrogen-bond donors (Lipinski definition) is 3. The minimum Gasteiger partial charge on any atom is -0.473 e. The van der Waals surface area contributed by atoms with Gasteiger partial charge in [0.05, 0.1) is 16.5 Å². The summed E-state index contributed by atoms with van der Waals surface area (Å²) in [6.07, 6.45) is 0.187. The number of rotatable bonds is 1. The number of aryl methyl sites for hydroxylation is 2. The molecular weight excluding hydrogens is 454 g/mol. The SMILES string of the molecule is Cc1cccc(C)c1-c1cc2nc(n1)NS(=O)(=O)c1cccc(c1)NC(=O)C1CNCC(C1)O2. The van der Waals surface area contributed by atoms with Crippen LogP contribution in [0.3, 0.4) is 0 Å². The molecule has 2 aliphatic rings. The number of aromatic nitrogens is 2. The third-order valence-electron chi connectivity index (χ3n) is 6.05. The average Bonchev–Trinajstić information content (AvgIpc) is 2.78. The third kappa shape index (κ3) is 4.46. The quantitative estimate of drug-likeness (QED) is 0.491. The van der Waals surface area contributed by atoms with E-state index in [1.807, 2.05) is 32.0 Å². The predicted molar refractivity (Wildman–Crippen MR) is 128 cm³/mol. The van der Waals surface area contributed by atoms with E-state index in [2.05, 4.69) is 25.3 Å². The molecule has 1 fully saturated rings. The van der Waals surface area contributed by atoms with Crippen molar-refractivity contribution in [3.63, 3.8) is 0 Å². The maximum atomic E-state index is 13.1. The Balaban J connectivity index is 1.65. The van der Waals surface area contributed by atoms with Crippen molar-refractivity contribution in [3.8, 4) is 17.1 Å². The second kappa shape index (κ2) is 8.69. The molecule has 0 radical (unpaired) electrons. The molecule has 5 rings (SSSR count). The predicted octanol–water partition coefficient (Wildman–Crippen LogP) is 2.87. The first-order valence-electron chi connectivity index (χ1n) is 11.1. The molecule has 1 aromatic heterocycles. The first kappa shape index (κ1) is 22.3. The summed E-state index contributed by atoms with van der Waals surface area (Å²) in [6, 6.07) is 13.7. The van der Waals surface area contributed by atoms with Crippen LogP contribution in [-0.4, -0.2) is 43.5 Å². The van der Waals surface area contributed by atoms with Crippen molar-refractivity contribution < 1.29 is 17.9 Å². The van der Waals surface area contributed by atoms with E-state index in [1.165, 1.54) is 12.1 Å². The molecule has 34 heavy (non-hydrogen) atoms. The highest BCUT2D eigenvalue weighted by atomic mass is 32.2. The monoisotopic (exact) mass is 479 g/mol. The highest BCUT2D eigenvalue weighted by Gasteiger charge is 2.30. The van der Waals surface area contributed by atoms with Gasteiger partial charge in [0, 0.05) is 30.4 Å². The summed E-state index contributed by atoms with van der Waals surface area (Å²) in [5.41, 5.74) is 3.83. The highest BCUT2D eigenvalue weighted by Crippen LogP contribution is 2.30. The fourth-order valence-electron chi connectivity index (χ4n) is 4.40. The minimum absolute atomic E-state index is 0.00875. The molecule has 176 valence electrons. The molecule has 3 N–H and O–H groups in total. The van der Waals surface area contributed by atoms with E-state index in [0.717, 1.165) is 16.7 Å². The van der Waals surface area contributed by atoms with Gasteiger partial charge in [-0.15, -0.1) is 0 Å². The maximum absolute atomic E-state index is 13.1. The van der Waals surface area contributed by atoms with Crippen LogP contribution in [0.4, 0.5) is 11.6 Å². The van der Waals surface area contributed by atoms with Gasteiger partial charge in [-0.25, -0.2) is 18.1 Å². The lowest BCUT2D eigenvalue weighted by atomic mass is 9.96. The molecule has 2 atom stereocenters. The summed E-state index contributed by atoms with van der Waals surface area (Å²) in [6.45, 7) is 5.00. The van der Waals surface area contributed by atoms with Crippen LogP contribution >= 0.6 is 0 Å². The number of fused-ring (bicyclic) bond motifs is 6. The summed E-state index contributed by atoms with van der Waals surface area (Å²) in [5, 5.41) is 6.07. The Morgan fingerprint density at radius 2 is 1.76 bits per heavy atom. The Hall–Kier alpha value is -3.50. The van der Waals surface area contributed by atoms with Crippen LogP contribution in [0.1, 0.15) is 17.5 Å². The van der Waals surface area contributed by atoms with E-state index in [0.29, 0.717) is 30.9 Å². The first-order valence-corrected chi connectivity index (χ1v) is 12.5. The normalized spacial score (nSPS) is 21.4. The van der Waals surface area contributed by atoms with E-state index in [1.54, 1.807) is 18.2 Å². The molecule has 10 heteroatoms. The Morgan fingerprint density at radius 1 is 1.00 bits per heavy atom. The fraction of sp³-hybridized carbons (Fsp3) is 0.292. The number of amides is 1. The van der Waals surface area contributed by atoms with Gasteiger partial charge in [0.1, 0.15) is 6.10 Å². The number of anilines is 2. The molecule has 2 unspecified atom stereocenters. The number of carbonyl (C=O) groups excluding carboxylic acids is 1. The van der Waals surface area contributed by atoms with Crippen LogP contribution in [0.2, 0.25) is 0 Å². The van der Waals surface area contributed by atoms with Crippen LogP contribution in [-0.2, 0) is 14.8 Å². The van der Waals surface area contributed by atoms with Crippen LogP contribution in [0, 0.1) is 19.8 Å². The van der Waals surface area contributed by atoms with Crippen molar-refractivity contribution in [1.82, 2.24) is 15.3 Å². The molecule has 0 spiro atoms. The fourth-order valence-corrected chi connectivity index (χ4v) is 5.39. The van der Waals surface area contributed by atoms with Gasteiger partial charge >= 0.3 is 0 Å². The largest absolute Gasteiger partial charge is 0.473 e. The van der Waals surface area contributed by atoms with Crippen molar-refractivity contribution in [2.45, 2.75) is 31.3 Å². The van der Waals surface area contributed by atoms with E-state index in [4.69, 9.17) is 4.74 Å². The number of piperidine rings is 1. The molecule has 1 saturated heterocycles. The third-order valence-corrected chi connectivity index (χ3v) is 7.37.